The fourth-order valence-corrected chi connectivity index (χ4v) is 2.43. The first-order valence-corrected chi connectivity index (χ1v) is 7.76. The molecule has 20 heavy (non-hydrogen) atoms. The van der Waals surface area contributed by atoms with E-state index in [1.54, 1.807) is 0 Å². The van der Waals surface area contributed by atoms with Crippen molar-refractivity contribution in [3.63, 3.8) is 0 Å². The summed E-state index contributed by atoms with van der Waals surface area (Å²) in [5.74, 6) is -3.82. The van der Waals surface area contributed by atoms with Crippen molar-refractivity contribution in [2.24, 2.45) is 0 Å². The predicted octanol–water partition coefficient (Wildman–Crippen LogP) is 2.60. The molecule has 0 aliphatic carbocycles. The maximum absolute atomic E-state index is 12.3. The molecule has 7 heteroatoms. The van der Waals surface area contributed by atoms with Gasteiger partial charge in [0.2, 0.25) is 9.84 Å². The lowest BCUT2D eigenvalue weighted by Crippen LogP contribution is -2.32. The Morgan fingerprint density at radius 2 is 1.80 bits per heavy atom. The van der Waals surface area contributed by atoms with Gasteiger partial charge in [0.15, 0.2) is 0 Å². The largest absolute Gasteiger partial charge is 0.350 e. The average Bonchev–Trinajstić information content (AvgIpc) is 2.38. The van der Waals surface area contributed by atoms with Gasteiger partial charge in [0.05, 0.1) is 4.90 Å². The van der Waals surface area contributed by atoms with Crippen molar-refractivity contribution in [1.82, 2.24) is 5.32 Å². The fourth-order valence-electron chi connectivity index (χ4n) is 1.71. The van der Waals surface area contributed by atoms with Crippen LogP contribution < -0.4 is 5.32 Å². The molecule has 0 aromatic heterocycles. The lowest BCUT2D eigenvalue weighted by Gasteiger charge is -2.12. The van der Waals surface area contributed by atoms with Crippen LogP contribution in [0.1, 0.15) is 37.0 Å². The summed E-state index contributed by atoms with van der Waals surface area (Å²) in [5.41, 5.74) is 0.237. The van der Waals surface area contributed by atoms with Crippen molar-refractivity contribution in [2.45, 2.75) is 43.4 Å². The molecule has 112 valence electrons. The summed E-state index contributed by atoms with van der Waals surface area (Å²) in [6, 6.07) is 4.48. The third-order valence-corrected chi connectivity index (χ3v) is 4.18. The second-order valence-corrected chi connectivity index (χ2v) is 6.41. The van der Waals surface area contributed by atoms with Crippen molar-refractivity contribution < 1.29 is 22.0 Å². The first kappa shape index (κ1) is 16.6. The molecule has 0 radical (unpaired) electrons. The van der Waals surface area contributed by atoms with Gasteiger partial charge in [0.25, 0.3) is 5.91 Å². The molecule has 1 N–H and O–H groups in total. The van der Waals surface area contributed by atoms with E-state index in [9.17, 15) is 22.0 Å². The van der Waals surface area contributed by atoms with E-state index in [0.29, 0.717) is 0 Å². The first-order valence-electron chi connectivity index (χ1n) is 6.22. The van der Waals surface area contributed by atoms with Gasteiger partial charge in [-0.05, 0) is 37.6 Å². The quantitative estimate of drug-likeness (QED) is 0.878. The van der Waals surface area contributed by atoms with Gasteiger partial charge in [-0.25, -0.2) is 8.42 Å². The average molecular weight is 305 g/mol. The second-order valence-electron chi connectivity index (χ2n) is 4.49. The smallest absolute Gasteiger partial charge is 0.341 e. The SMILES string of the molecule is CCC[C@H](C)NC(=O)c1ccc(S(=O)(=O)C(F)F)cc1. The maximum atomic E-state index is 12.3. The molecule has 1 aromatic rings. The monoisotopic (exact) mass is 305 g/mol. The molecule has 0 aliphatic heterocycles. The van der Waals surface area contributed by atoms with Gasteiger partial charge in [-0.3, -0.25) is 4.79 Å². The zero-order chi connectivity index (χ0) is 15.3. The number of benzene rings is 1. The number of nitrogens with one attached hydrogen (secondary N) is 1. The standard InChI is InChI=1S/C13H17F2NO3S/c1-3-4-9(2)16-12(17)10-5-7-11(8-6-10)20(18,19)13(14)15/h5-9,13H,3-4H2,1-2H3,(H,16,17)/t9-/m0/s1. The van der Waals surface area contributed by atoms with Crippen LogP contribution in [0, 0.1) is 0 Å². The molecule has 1 rings (SSSR count). The number of rotatable bonds is 6. The third-order valence-electron chi connectivity index (χ3n) is 2.78. The van der Waals surface area contributed by atoms with Crippen molar-refractivity contribution in [3.05, 3.63) is 29.8 Å². The summed E-state index contributed by atoms with van der Waals surface area (Å²) in [6.07, 6.45) is 1.75. The number of carbonyl (C=O) groups excluding carboxylic acids is 1. The van der Waals surface area contributed by atoms with Gasteiger partial charge in [0.1, 0.15) is 0 Å². The van der Waals surface area contributed by atoms with Crippen LogP contribution in [0.5, 0.6) is 0 Å². The summed E-state index contributed by atoms with van der Waals surface area (Å²) >= 11 is 0. The summed E-state index contributed by atoms with van der Waals surface area (Å²) in [4.78, 5) is 11.3. The molecule has 0 bridgehead atoms. The Kier molecular flexibility index (Phi) is 5.62. The van der Waals surface area contributed by atoms with E-state index in [0.717, 1.165) is 25.0 Å². The summed E-state index contributed by atoms with van der Waals surface area (Å²) < 4.78 is 47.1. The van der Waals surface area contributed by atoms with E-state index in [-0.39, 0.29) is 17.5 Å². The van der Waals surface area contributed by atoms with E-state index in [2.05, 4.69) is 5.32 Å². The zero-order valence-electron chi connectivity index (χ0n) is 11.3. The van der Waals surface area contributed by atoms with E-state index >= 15 is 0 Å². The van der Waals surface area contributed by atoms with Crippen LogP contribution in [0.2, 0.25) is 0 Å². The molecule has 1 amide bonds. The van der Waals surface area contributed by atoms with Crippen LogP contribution in [0.3, 0.4) is 0 Å². The minimum absolute atomic E-state index is 0.00280. The molecule has 0 fully saturated rings. The highest BCUT2D eigenvalue weighted by atomic mass is 32.2. The lowest BCUT2D eigenvalue weighted by atomic mass is 10.1. The van der Waals surface area contributed by atoms with Gasteiger partial charge in [0, 0.05) is 11.6 Å². The normalized spacial score (nSPS) is 13.2. The van der Waals surface area contributed by atoms with E-state index < -0.39 is 20.5 Å². The number of hydrogen-bond donors (Lipinski definition) is 1. The second kappa shape index (κ2) is 6.78. The maximum Gasteiger partial charge on any atom is 0.341 e. The van der Waals surface area contributed by atoms with Crippen LogP contribution >= 0.6 is 0 Å². The van der Waals surface area contributed by atoms with Crippen LogP contribution in [-0.2, 0) is 9.84 Å². The third kappa shape index (κ3) is 4.00. The molecule has 0 saturated carbocycles. The molecule has 0 saturated heterocycles. The number of amides is 1. The Labute approximate surface area is 117 Å². The Morgan fingerprint density at radius 3 is 2.25 bits per heavy atom. The molecule has 1 aromatic carbocycles. The van der Waals surface area contributed by atoms with Crippen LogP contribution in [0.15, 0.2) is 29.2 Å². The van der Waals surface area contributed by atoms with Crippen molar-refractivity contribution in [1.29, 1.82) is 0 Å². The molecule has 0 unspecified atom stereocenters. The van der Waals surface area contributed by atoms with Gasteiger partial charge in [-0.15, -0.1) is 0 Å². The van der Waals surface area contributed by atoms with Crippen LogP contribution in [-0.4, -0.2) is 26.1 Å². The van der Waals surface area contributed by atoms with Crippen molar-refractivity contribution >= 4 is 15.7 Å². The topological polar surface area (TPSA) is 63.2 Å². The Bertz CT molecular complexity index is 555. The highest BCUT2D eigenvalue weighted by Crippen LogP contribution is 2.18. The summed E-state index contributed by atoms with van der Waals surface area (Å²) in [5, 5.41) is 2.74. The number of hydrogen-bond acceptors (Lipinski definition) is 3. The van der Waals surface area contributed by atoms with Crippen molar-refractivity contribution in [3.8, 4) is 0 Å². The molecule has 0 heterocycles. The van der Waals surface area contributed by atoms with Crippen molar-refractivity contribution in [2.75, 3.05) is 0 Å². The Balaban J connectivity index is 2.84. The van der Waals surface area contributed by atoms with Gasteiger partial charge in [-0.2, -0.15) is 8.78 Å². The van der Waals surface area contributed by atoms with Crippen LogP contribution in [0.25, 0.3) is 0 Å². The zero-order valence-corrected chi connectivity index (χ0v) is 12.1. The van der Waals surface area contributed by atoms with E-state index in [1.165, 1.54) is 12.1 Å². The molecule has 0 spiro atoms. The molecule has 0 aliphatic rings. The Hall–Kier alpha value is -1.50. The molecule has 1 atom stereocenters. The highest BCUT2D eigenvalue weighted by Gasteiger charge is 2.26. The predicted molar refractivity (Wildman–Crippen MR) is 71.5 cm³/mol. The first-order chi connectivity index (χ1) is 9.28. The summed E-state index contributed by atoms with van der Waals surface area (Å²) in [7, 11) is -4.62. The van der Waals surface area contributed by atoms with E-state index in [1.807, 2.05) is 13.8 Å². The minimum atomic E-state index is -4.62. The van der Waals surface area contributed by atoms with Gasteiger partial charge >= 0.3 is 5.76 Å². The van der Waals surface area contributed by atoms with E-state index in [4.69, 9.17) is 0 Å². The number of halogens is 2. The molecule has 4 nitrogen and oxygen atoms in total. The number of sulfone groups is 1. The number of alkyl halides is 2. The fraction of sp³-hybridized carbons (Fsp3) is 0.462. The van der Waals surface area contributed by atoms with Crippen LogP contribution in [0.4, 0.5) is 8.78 Å². The lowest BCUT2D eigenvalue weighted by molar-refractivity contribution is 0.0938. The molecular formula is C13H17F2NO3S. The molecular weight excluding hydrogens is 288 g/mol. The minimum Gasteiger partial charge on any atom is -0.350 e. The summed E-state index contributed by atoms with van der Waals surface area (Å²) in [6.45, 7) is 3.85. The van der Waals surface area contributed by atoms with Gasteiger partial charge < -0.3 is 5.32 Å². The Morgan fingerprint density at radius 1 is 1.25 bits per heavy atom. The highest BCUT2D eigenvalue weighted by molar-refractivity contribution is 7.91. The van der Waals surface area contributed by atoms with Gasteiger partial charge in [-0.1, -0.05) is 13.3 Å². The number of carbonyl (C=O) groups is 1.